The highest BCUT2D eigenvalue weighted by Crippen LogP contribution is 2.32. The predicted molar refractivity (Wildman–Crippen MR) is 181 cm³/mol. The molecule has 13 nitrogen and oxygen atoms in total. The lowest BCUT2D eigenvalue weighted by Crippen LogP contribution is -2.42. The number of amides is 1. The van der Waals surface area contributed by atoms with Gasteiger partial charge in [0.1, 0.15) is 17.7 Å². The second-order valence-corrected chi connectivity index (χ2v) is 12.0. The molecule has 5 heterocycles. The summed E-state index contributed by atoms with van der Waals surface area (Å²) in [7, 11) is 6.69. The second-order valence-electron chi connectivity index (χ2n) is 11.6. The average molecular weight is 651 g/mol. The lowest BCUT2D eigenvalue weighted by molar-refractivity contribution is -0.128. The molecule has 0 saturated carbocycles. The van der Waals surface area contributed by atoms with Crippen LogP contribution in [0, 0.1) is 0 Å². The van der Waals surface area contributed by atoms with E-state index in [0.717, 1.165) is 21.8 Å². The first kappa shape index (κ1) is 30.0. The quantitative estimate of drug-likeness (QED) is 0.223. The Morgan fingerprint density at radius 2 is 1.70 bits per heavy atom. The van der Waals surface area contributed by atoms with E-state index in [1.807, 2.05) is 48.5 Å². The van der Waals surface area contributed by atoms with Gasteiger partial charge in [0.25, 0.3) is 5.56 Å². The minimum atomic E-state index is -0.845. The summed E-state index contributed by atoms with van der Waals surface area (Å²) in [5.41, 5.74) is 2.27. The lowest BCUT2D eigenvalue weighted by Gasteiger charge is -2.18. The third-order valence-corrected chi connectivity index (χ3v) is 8.67. The molecular weight excluding hydrogens is 620 g/mol. The van der Waals surface area contributed by atoms with Crippen molar-refractivity contribution >= 4 is 62.2 Å². The van der Waals surface area contributed by atoms with Crippen LogP contribution in [-0.2, 0) is 25.3 Å². The van der Waals surface area contributed by atoms with Gasteiger partial charge in [-0.05, 0) is 41.8 Å². The van der Waals surface area contributed by atoms with Crippen molar-refractivity contribution in [1.82, 2.24) is 43.5 Å². The van der Waals surface area contributed by atoms with E-state index in [1.54, 1.807) is 51.1 Å². The van der Waals surface area contributed by atoms with Gasteiger partial charge in [0.2, 0.25) is 11.9 Å². The molecule has 1 amide bonds. The van der Waals surface area contributed by atoms with Crippen LogP contribution in [0.25, 0.3) is 33.0 Å². The number of imidazole rings is 1. The molecule has 0 aliphatic heterocycles. The number of rotatable bonds is 8. The van der Waals surface area contributed by atoms with Crippen LogP contribution in [-0.4, -0.2) is 63.5 Å². The Balaban J connectivity index is 1.36. The molecule has 7 rings (SSSR count). The molecule has 0 bridgehead atoms. The van der Waals surface area contributed by atoms with Gasteiger partial charge >= 0.3 is 5.69 Å². The van der Waals surface area contributed by atoms with E-state index in [9.17, 15) is 14.4 Å². The number of hydrogen-bond acceptors (Lipinski definition) is 7. The standard InChI is InChI=1S/C33H31ClN10O3/c1-41(2)27(45)13-12-25-35-15-14-26(38-25)39-32-40-30-29(42(32)3)31(46)44(33(47)43(30)4)28(23-16-18-8-5-6-10-21(18)36-23)24-17-19-20(34)9-7-11-22(19)37-24/h5-11,14-17,28,36-37H,12-13H2,1-4H3,(H,35,38,39,40). The minimum absolute atomic E-state index is 0.0270. The van der Waals surface area contributed by atoms with Gasteiger partial charge in [-0.25, -0.2) is 19.3 Å². The van der Waals surface area contributed by atoms with Crippen LogP contribution in [0.3, 0.4) is 0 Å². The normalized spacial score (nSPS) is 12.3. The Bertz CT molecular complexity index is 2420. The van der Waals surface area contributed by atoms with Gasteiger partial charge in [-0.1, -0.05) is 35.9 Å². The third kappa shape index (κ3) is 5.23. The molecule has 5 aromatic heterocycles. The molecule has 0 fully saturated rings. The Morgan fingerprint density at radius 1 is 0.957 bits per heavy atom. The molecule has 0 saturated heterocycles. The summed E-state index contributed by atoms with van der Waals surface area (Å²) in [6.45, 7) is 0. The summed E-state index contributed by atoms with van der Waals surface area (Å²) in [5.74, 6) is 1.19. The van der Waals surface area contributed by atoms with Crippen molar-refractivity contribution in [1.29, 1.82) is 0 Å². The number of anilines is 2. The number of aromatic nitrogens is 8. The number of carbonyl (C=O) groups excluding carboxylic acids is 1. The van der Waals surface area contributed by atoms with Crippen LogP contribution >= 0.6 is 11.6 Å². The molecular formula is C33H31ClN10O3. The number of para-hydroxylation sites is 1. The van der Waals surface area contributed by atoms with Crippen molar-refractivity contribution in [3.8, 4) is 0 Å². The molecule has 2 aromatic carbocycles. The Labute approximate surface area is 272 Å². The summed E-state index contributed by atoms with van der Waals surface area (Å²) < 4.78 is 4.21. The summed E-state index contributed by atoms with van der Waals surface area (Å²) in [6, 6.07) is 17.9. The van der Waals surface area contributed by atoms with Gasteiger partial charge < -0.3 is 24.8 Å². The number of carbonyl (C=O) groups is 1. The van der Waals surface area contributed by atoms with Crippen molar-refractivity contribution in [3.63, 3.8) is 0 Å². The molecule has 0 spiro atoms. The number of halogens is 1. The van der Waals surface area contributed by atoms with Crippen LogP contribution < -0.4 is 16.6 Å². The zero-order valence-corrected chi connectivity index (χ0v) is 26.8. The van der Waals surface area contributed by atoms with Crippen molar-refractivity contribution in [2.24, 2.45) is 14.1 Å². The molecule has 0 aliphatic carbocycles. The number of hydrogen-bond donors (Lipinski definition) is 3. The topological polar surface area (TPSA) is 152 Å². The van der Waals surface area contributed by atoms with E-state index < -0.39 is 17.3 Å². The first-order valence-electron chi connectivity index (χ1n) is 14.9. The number of nitrogens with zero attached hydrogens (tertiary/aromatic N) is 7. The van der Waals surface area contributed by atoms with Gasteiger partial charge in [0, 0.05) is 80.1 Å². The number of H-pyrrole nitrogens is 2. The van der Waals surface area contributed by atoms with Crippen LogP contribution in [0.4, 0.5) is 11.8 Å². The van der Waals surface area contributed by atoms with Crippen molar-refractivity contribution in [3.05, 3.63) is 110 Å². The fourth-order valence-corrected chi connectivity index (χ4v) is 6.10. The van der Waals surface area contributed by atoms with E-state index in [1.165, 1.54) is 14.0 Å². The maximum absolute atomic E-state index is 14.5. The van der Waals surface area contributed by atoms with Crippen LogP contribution in [0.15, 0.2) is 76.4 Å². The van der Waals surface area contributed by atoms with Crippen LogP contribution in [0.1, 0.15) is 29.7 Å². The summed E-state index contributed by atoms with van der Waals surface area (Å²) in [6.07, 6.45) is 2.22. The molecule has 1 unspecified atom stereocenters. The van der Waals surface area contributed by atoms with Gasteiger partial charge in [-0.15, -0.1) is 0 Å². The molecule has 47 heavy (non-hydrogen) atoms. The average Bonchev–Trinajstić information content (AvgIpc) is 3.77. The Hall–Kier alpha value is -5.69. The van der Waals surface area contributed by atoms with Gasteiger partial charge in [-0.2, -0.15) is 4.98 Å². The zero-order valence-electron chi connectivity index (χ0n) is 26.1. The third-order valence-electron chi connectivity index (χ3n) is 8.35. The van der Waals surface area contributed by atoms with Gasteiger partial charge in [-0.3, -0.25) is 14.2 Å². The van der Waals surface area contributed by atoms with E-state index in [0.29, 0.717) is 40.4 Å². The fraction of sp³-hybridized carbons (Fsp3) is 0.212. The van der Waals surface area contributed by atoms with E-state index in [4.69, 9.17) is 11.6 Å². The predicted octanol–water partition coefficient (Wildman–Crippen LogP) is 4.24. The Morgan fingerprint density at radius 3 is 2.47 bits per heavy atom. The van der Waals surface area contributed by atoms with Crippen molar-refractivity contribution in [2.75, 3.05) is 19.4 Å². The molecule has 3 N–H and O–H groups in total. The summed E-state index contributed by atoms with van der Waals surface area (Å²) in [4.78, 5) is 62.5. The maximum Gasteiger partial charge on any atom is 0.333 e. The number of benzene rings is 2. The summed E-state index contributed by atoms with van der Waals surface area (Å²) >= 11 is 6.53. The first-order valence-corrected chi connectivity index (χ1v) is 15.3. The highest BCUT2D eigenvalue weighted by molar-refractivity contribution is 6.35. The fourth-order valence-electron chi connectivity index (χ4n) is 5.87. The Kier molecular flexibility index (Phi) is 7.40. The minimum Gasteiger partial charge on any atom is -0.356 e. The van der Waals surface area contributed by atoms with E-state index in [2.05, 4.69) is 30.2 Å². The molecule has 14 heteroatoms. The summed E-state index contributed by atoms with van der Waals surface area (Å²) in [5, 5.41) is 5.42. The number of nitrogens with one attached hydrogen (secondary N) is 3. The highest BCUT2D eigenvalue weighted by Gasteiger charge is 2.28. The van der Waals surface area contributed by atoms with Gasteiger partial charge in [0.15, 0.2) is 11.2 Å². The lowest BCUT2D eigenvalue weighted by atomic mass is 10.1. The SMILES string of the molecule is CN(C)C(=O)CCc1nccc(Nc2nc3c(c(=O)n(C(c4cc5ccccc5[nH]4)c4cc5c(Cl)cccc5[nH]4)c(=O)n3C)n2C)n1. The first-order chi connectivity index (χ1) is 22.6. The van der Waals surface area contributed by atoms with Crippen molar-refractivity contribution in [2.45, 2.75) is 18.9 Å². The number of fused-ring (bicyclic) bond motifs is 3. The largest absolute Gasteiger partial charge is 0.356 e. The zero-order chi connectivity index (χ0) is 33.0. The van der Waals surface area contributed by atoms with Crippen molar-refractivity contribution < 1.29 is 4.79 Å². The smallest absolute Gasteiger partial charge is 0.333 e. The monoisotopic (exact) mass is 650 g/mol. The molecule has 7 aromatic rings. The molecule has 0 aliphatic rings. The number of aromatic amines is 2. The van der Waals surface area contributed by atoms with E-state index in [-0.39, 0.29) is 23.5 Å². The van der Waals surface area contributed by atoms with Gasteiger partial charge in [0.05, 0.1) is 0 Å². The van der Waals surface area contributed by atoms with Crippen LogP contribution in [0.5, 0.6) is 0 Å². The maximum atomic E-state index is 14.5. The number of aryl methyl sites for hydroxylation is 3. The molecule has 238 valence electrons. The molecule has 1 atom stereocenters. The molecule has 0 radical (unpaired) electrons. The highest BCUT2D eigenvalue weighted by atomic mass is 35.5. The van der Waals surface area contributed by atoms with E-state index >= 15 is 0 Å². The van der Waals surface area contributed by atoms with Crippen LogP contribution in [0.2, 0.25) is 5.02 Å². The second kappa shape index (κ2) is 11.6.